The molecule has 0 bridgehead atoms. The molecule has 2 aromatic rings. The van der Waals surface area contributed by atoms with Crippen molar-refractivity contribution in [1.82, 2.24) is 9.78 Å². The van der Waals surface area contributed by atoms with Crippen molar-refractivity contribution in [2.45, 2.75) is 40.2 Å². The van der Waals surface area contributed by atoms with E-state index in [-0.39, 0.29) is 5.97 Å². The molecule has 1 aromatic carbocycles. The maximum atomic E-state index is 11.8. The van der Waals surface area contributed by atoms with E-state index in [1.807, 2.05) is 25.1 Å². The summed E-state index contributed by atoms with van der Waals surface area (Å²) in [5.74, 6) is 1.03. The Balaban J connectivity index is 2.22. The van der Waals surface area contributed by atoms with E-state index in [1.54, 1.807) is 10.9 Å². The lowest BCUT2D eigenvalue weighted by atomic mass is 10.1. The molecule has 0 aliphatic rings. The first-order valence-electron chi connectivity index (χ1n) is 8.52. The Morgan fingerprint density at radius 3 is 2.68 bits per heavy atom. The molecule has 0 saturated carbocycles. The van der Waals surface area contributed by atoms with Gasteiger partial charge in [0.05, 0.1) is 32.2 Å². The van der Waals surface area contributed by atoms with Gasteiger partial charge < -0.3 is 9.47 Å². The summed E-state index contributed by atoms with van der Waals surface area (Å²) in [7, 11) is 1.37. The predicted molar refractivity (Wildman–Crippen MR) is 101 cm³/mol. The van der Waals surface area contributed by atoms with E-state index in [4.69, 9.17) is 9.47 Å². The molecular formula is C19H25BrN2O3. The van der Waals surface area contributed by atoms with Gasteiger partial charge in [-0.15, -0.1) is 0 Å². The summed E-state index contributed by atoms with van der Waals surface area (Å²) in [5.41, 5.74) is 2.28. The minimum atomic E-state index is -0.372. The normalized spacial score (nSPS) is 11.0. The van der Waals surface area contributed by atoms with Gasteiger partial charge in [-0.25, -0.2) is 4.79 Å². The molecule has 0 amide bonds. The second kappa shape index (κ2) is 9.04. The van der Waals surface area contributed by atoms with Gasteiger partial charge in [-0.3, -0.25) is 4.68 Å². The number of halogens is 1. The minimum Gasteiger partial charge on any atom is -0.493 e. The highest BCUT2D eigenvalue weighted by Gasteiger charge is 2.16. The number of rotatable bonds is 8. The molecule has 0 atom stereocenters. The van der Waals surface area contributed by atoms with Crippen LogP contribution in [0.4, 0.5) is 0 Å². The highest BCUT2D eigenvalue weighted by atomic mass is 79.9. The second-order valence-electron chi connectivity index (χ2n) is 6.04. The van der Waals surface area contributed by atoms with Crippen molar-refractivity contribution in [3.8, 4) is 5.75 Å². The van der Waals surface area contributed by atoms with Gasteiger partial charge in [-0.2, -0.15) is 5.10 Å². The van der Waals surface area contributed by atoms with Gasteiger partial charge in [0, 0.05) is 10.0 Å². The Labute approximate surface area is 157 Å². The maximum Gasteiger partial charge on any atom is 0.341 e. The van der Waals surface area contributed by atoms with E-state index in [0.29, 0.717) is 24.6 Å². The predicted octanol–water partition coefficient (Wildman–Crippen LogP) is 4.60. The van der Waals surface area contributed by atoms with Crippen LogP contribution in [0.1, 0.15) is 48.3 Å². The number of benzene rings is 1. The van der Waals surface area contributed by atoms with Crippen LogP contribution < -0.4 is 4.74 Å². The molecule has 1 aromatic heterocycles. The van der Waals surface area contributed by atoms with Gasteiger partial charge in [-0.05, 0) is 31.0 Å². The summed E-state index contributed by atoms with van der Waals surface area (Å²) >= 11 is 3.52. The highest BCUT2D eigenvalue weighted by Crippen LogP contribution is 2.26. The number of methoxy groups -OCH3 is 1. The van der Waals surface area contributed by atoms with Crippen LogP contribution in [0, 0.1) is 12.8 Å². The molecule has 0 fully saturated rings. The SMILES string of the molecule is CCC(CC)COc1ccc(Br)cc1Cn1ncc(C(=O)OC)c1C. The molecule has 0 saturated heterocycles. The number of aromatic nitrogens is 2. The largest absolute Gasteiger partial charge is 0.493 e. The third-order valence-corrected chi connectivity index (χ3v) is 4.97. The molecular weight excluding hydrogens is 384 g/mol. The van der Waals surface area contributed by atoms with E-state index >= 15 is 0 Å². The highest BCUT2D eigenvalue weighted by molar-refractivity contribution is 9.10. The second-order valence-corrected chi connectivity index (χ2v) is 6.95. The molecule has 5 nitrogen and oxygen atoms in total. The lowest BCUT2D eigenvalue weighted by Gasteiger charge is -2.17. The van der Waals surface area contributed by atoms with Crippen molar-refractivity contribution in [2.75, 3.05) is 13.7 Å². The summed E-state index contributed by atoms with van der Waals surface area (Å²) in [4.78, 5) is 11.8. The molecule has 25 heavy (non-hydrogen) atoms. The Hall–Kier alpha value is -1.82. The maximum absolute atomic E-state index is 11.8. The Morgan fingerprint density at radius 1 is 1.32 bits per heavy atom. The van der Waals surface area contributed by atoms with Crippen LogP contribution in [0.25, 0.3) is 0 Å². The monoisotopic (exact) mass is 408 g/mol. The molecule has 0 aliphatic carbocycles. The van der Waals surface area contributed by atoms with Gasteiger partial charge in [0.25, 0.3) is 0 Å². The molecule has 0 unspecified atom stereocenters. The van der Waals surface area contributed by atoms with Crippen LogP contribution in [0.5, 0.6) is 5.75 Å². The fraction of sp³-hybridized carbons (Fsp3) is 0.474. The van der Waals surface area contributed by atoms with Crippen molar-refractivity contribution < 1.29 is 14.3 Å². The third kappa shape index (κ3) is 4.84. The molecule has 0 N–H and O–H groups in total. The molecule has 2 rings (SSSR count). The molecule has 0 radical (unpaired) electrons. The van der Waals surface area contributed by atoms with E-state index in [0.717, 1.165) is 34.3 Å². The van der Waals surface area contributed by atoms with Crippen LogP contribution in [0.2, 0.25) is 0 Å². The lowest BCUT2D eigenvalue weighted by molar-refractivity contribution is 0.0599. The zero-order valence-electron chi connectivity index (χ0n) is 15.2. The fourth-order valence-corrected chi connectivity index (χ4v) is 3.03. The zero-order chi connectivity index (χ0) is 18.4. The molecule has 136 valence electrons. The number of hydrogen-bond acceptors (Lipinski definition) is 4. The smallest absolute Gasteiger partial charge is 0.341 e. The first-order valence-corrected chi connectivity index (χ1v) is 9.31. The van der Waals surface area contributed by atoms with E-state index < -0.39 is 0 Å². The molecule has 0 spiro atoms. The van der Waals surface area contributed by atoms with Gasteiger partial charge in [0.2, 0.25) is 0 Å². The van der Waals surface area contributed by atoms with Crippen LogP contribution in [-0.4, -0.2) is 29.5 Å². The van der Waals surface area contributed by atoms with Crippen LogP contribution in [0.3, 0.4) is 0 Å². The van der Waals surface area contributed by atoms with Crippen molar-refractivity contribution in [3.05, 3.63) is 45.7 Å². The zero-order valence-corrected chi connectivity index (χ0v) is 16.8. The summed E-state index contributed by atoms with van der Waals surface area (Å²) in [6.07, 6.45) is 3.75. The van der Waals surface area contributed by atoms with Crippen LogP contribution in [-0.2, 0) is 11.3 Å². The van der Waals surface area contributed by atoms with Crippen LogP contribution >= 0.6 is 15.9 Å². The number of nitrogens with zero attached hydrogens (tertiary/aromatic N) is 2. The topological polar surface area (TPSA) is 53.4 Å². The first kappa shape index (κ1) is 19.5. The number of esters is 1. The van der Waals surface area contributed by atoms with E-state index in [1.165, 1.54) is 7.11 Å². The molecule has 0 aliphatic heterocycles. The first-order chi connectivity index (χ1) is 12.0. The molecule has 1 heterocycles. The number of ether oxygens (including phenoxy) is 2. The number of carbonyl (C=O) groups excluding carboxylic acids is 1. The van der Waals surface area contributed by atoms with Gasteiger partial charge in [-0.1, -0.05) is 42.6 Å². The quantitative estimate of drug-likeness (QED) is 0.598. The minimum absolute atomic E-state index is 0.372. The molecule has 6 heteroatoms. The average molecular weight is 409 g/mol. The summed E-state index contributed by atoms with van der Waals surface area (Å²) in [6, 6.07) is 5.98. The van der Waals surface area contributed by atoms with E-state index in [2.05, 4.69) is 34.9 Å². The Bertz CT molecular complexity index is 723. The Kier molecular flexibility index (Phi) is 7.05. The summed E-state index contributed by atoms with van der Waals surface area (Å²) < 4.78 is 13.6. The van der Waals surface area contributed by atoms with Crippen molar-refractivity contribution in [1.29, 1.82) is 0 Å². The van der Waals surface area contributed by atoms with Crippen LogP contribution in [0.15, 0.2) is 28.9 Å². The van der Waals surface area contributed by atoms with Gasteiger partial charge >= 0.3 is 5.97 Å². The van der Waals surface area contributed by atoms with Crippen molar-refractivity contribution in [2.24, 2.45) is 5.92 Å². The van der Waals surface area contributed by atoms with Gasteiger partial charge in [0.15, 0.2) is 0 Å². The number of hydrogen-bond donors (Lipinski definition) is 0. The summed E-state index contributed by atoms with van der Waals surface area (Å²) in [6.45, 7) is 7.46. The fourth-order valence-electron chi connectivity index (χ4n) is 2.62. The lowest BCUT2D eigenvalue weighted by Crippen LogP contribution is -2.12. The van der Waals surface area contributed by atoms with Gasteiger partial charge in [0.1, 0.15) is 11.3 Å². The van der Waals surface area contributed by atoms with Crippen molar-refractivity contribution >= 4 is 21.9 Å². The third-order valence-electron chi connectivity index (χ3n) is 4.48. The number of carbonyl (C=O) groups is 1. The summed E-state index contributed by atoms with van der Waals surface area (Å²) in [5, 5.41) is 4.32. The average Bonchev–Trinajstić information content (AvgIpc) is 2.97. The van der Waals surface area contributed by atoms with Crippen molar-refractivity contribution in [3.63, 3.8) is 0 Å². The van der Waals surface area contributed by atoms with E-state index in [9.17, 15) is 4.79 Å². The standard InChI is InChI=1S/C19H25BrN2O3/c1-5-14(6-2)12-25-18-8-7-16(20)9-15(18)11-22-13(3)17(10-21-22)19(23)24-4/h7-10,14H,5-6,11-12H2,1-4H3. The Morgan fingerprint density at radius 2 is 2.04 bits per heavy atom.